The highest BCUT2D eigenvalue weighted by molar-refractivity contribution is 6.34. The third kappa shape index (κ3) is 2.06. The lowest BCUT2D eigenvalue weighted by Gasteiger charge is -2.01. The molecule has 80 valence electrons. The van der Waals surface area contributed by atoms with Crippen LogP contribution < -0.4 is 0 Å². The predicted octanol–water partition coefficient (Wildman–Crippen LogP) is 2.50. The van der Waals surface area contributed by atoms with Gasteiger partial charge in [0.2, 0.25) is 11.6 Å². The summed E-state index contributed by atoms with van der Waals surface area (Å²) in [6, 6.07) is 5.17. The first-order chi connectivity index (χ1) is 7.68. The van der Waals surface area contributed by atoms with E-state index in [1.54, 1.807) is 6.07 Å². The van der Waals surface area contributed by atoms with E-state index in [0.29, 0.717) is 0 Å². The molecule has 0 spiro atoms. The van der Waals surface area contributed by atoms with Crippen molar-refractivity contribution >= 4 is 17.4 Å². The van der Waals surface area contributed by atoms with Crippen LogP contribution in [0.2, 0.25) is 5.02 Å². The molecule has 0 atom stereocenters. The quantitative estimate of drug-likeness (QED) is 0.753. The number of carbonyl (C=O) groups is 1. The standard InChI is InChI=1S/C11H6ClFN2O/c12-9-3-2-7(13)6-8(9)10(16)11-14-4-1-5-15-11/h1-6H. The van der Waals surface area contributed by atoms with Crippen LogP contribution in [0.1, 0.15) is 16.2 Å². The number of ketones is 1. The summed E-state index contributed by atoms with van der Waals surface area (Å²) in [6.07, 6.45) is 2.88. The molecule has 0 amide bonds. The van der Waals surface area contributed by atoms with Gasteiger partial charge in [0.05, 0.1) is 5.02 Å². The molecule has 2 aromatic rings. The molecule has 3 nitrogen and oxygen atoms in total. The first kappa shape index (κ1) is 10.7. The van der Waals surface area contributed by atoms with E-state index < -0.39 is 11.6 Å². The molecule has 5 heteroatoms. The summed E-state index contributed by atoms with van der Waals surface area (Å²) in [5, 5.41) is 0.179. The van der Waals surface area contributed by atoms with E-state index in [1.165, 1.54) is 24.5 Å². The highest BCUT2D eigenvalue weighted by Gasteiger charge is 2.15. The lowest BCUT2D eigenvalue weighted by molar-refractivity contribution is 0.102. The van der Waals surface area contributed by atoms with Crippen molar-refractivity contribution in [2.75, 3.05) is 0 Å². The molecule has 0 aliphatic carbocycles. The van der Waals surface area contributed by atoms with E-state index in [4.69, 9.17) is 11.6 Å². The van der Waals surface area contributed by atoms with Crippen molar-refractivity contribution in [3.05, 3.63) is 58.9 Å². The summed E-state index contributed by atoms with van der Waals surface area (Å²) >= 11 is 5.80. The van der Waals surface area contributed by atoms with Crippen molar-refractivity contribution in [1.82, 2.24) is 9.97 Å². The van der Waals surface area contributed by atoms with Crippen LogP contribution in [0.5, 0.6) is 0 Å². The first-order valence-electron chi connectivity index (χ1n) is 4.45. The average Bonchev–Trinajstić information content (AvgIpc) is 2.32. The van der Waals surface area contributed by atoms with Gasteiger partial charge in [0.15, 0.2) is 0 Å². The van der Waals surface area contributed by atoms with Gasteiger partial charge in [0.1, 0.15) is 5.82 Å². The van der Waals surface area contributed by atoms with Gasteiger partial charge in [-0.1, -0.05) is 11.6 Å². The van der Waals surface area contributed by atoms with Crippen molar-refractivity contribution in [1.29, 1.82) is 0 Å². The van der Waals surface area contributed by atoms with E-state index >= 15 is 0 Å². The van der Waals surface area contributed by atoms with Gasteiger partial charge in [-0.05, 0) is 24.3 Å². The van der Waals surface area contributed by atoms with Crippen LogP contribution in [-0.2, 0) is 0 Å². The molecule has 0 saturated heterocycles. The van der Waals surface area contributed by atoms with E-state index in [1.807, 2.05) is 0 Å². The molecule has 1 heterocycles. The second-order valence-electron chi connectivity index (χ2n) is 3.03. The minimum absolute atomic E-state index is 0.00463. The largest absolute Gasteiger partial charge is 0.285 e. The highest BCUT2D eigenvalue weighted by Crippen LogP contribution is 2.19. The third-order valence-corrected chi connectivity index (χ3v) is 2.27. The number of nitrogens with zero attached hydrogens (tertiary/aromatic N) is 2. The minimum Gasteiger partial charge on any atom is -0.285 e. The van der Waals surface area contributed by atoms with Gasteiger partial charge in [0, 0.05) is 18.0 Å². The molecule has 0 unspecified atom stereocenters. The number of rotatable bonds is 2. The Morgan fingerprint density at radius 1 is 1.25 bits per heavy atom. The van der Waals surface area contributed by atoms with Gasteiger partial charge in [-0.3, -0.25) is 4.79 Å². The molecular weight excluding hydrogens is 231 g/mol. The minimum atomic E-state index is -0.524. The zero-order valence-corrected chi connectivity index (χ0v) is 8.78. The molecule has 0 aliphatic heterocycles. The normalized spacial score (nSPS) is 10.1. The number of aromatic nitrogens is 2. The fraction of sp³-hybridized carbons (Fsp3) is 0. The van der Waals surface area contributed by atoms with Crippen molar-refractivity contribution in [2.24, 2.45) is 0 Å². The van der Waals surface area contributed by atoms with E-state index in [0.717, 1.165) is 6.07 Å². The summed E-state index contributed by atoms with van der Waals surface area (Å²) in [7, 11) is 0. The van der Waals surface area contributed by atoms with Crippen molar-refractivity contribution < 1.29 is 9.18 Å². The maximum Gasteiger partial charge on any atom is 0.231 e. The first-order valence-corrected chi connectivity index (χ1v) is 4.83. The number of hydrogen-bond donors (Lipinski definition) is 0. The summed E-state index contributed by atoms with van der Waals surface area (Å²) in [6.45, 7) is 0. The Kier molecular flexibility index (Phi) is 2.92. The fourth-order valence-electron chi connectivity index (χ4n) is 1.21. The zero-order valence-electron chi connectivity index (χ0n) is 8.02. The van der Waals surface area contributed by atoms with Crippen LogP contribution in [0.3, 0.4) is 0 Å². The molecule has 0 bridgehead atoms. The van der Waals surface area contributed by atoms with E-state index in [-0.39, 0.29) is 16.4 Å². The molecule has 1 aromatic heterocycles. The Bertz CT molecular complexity index is 531. The molecule has 0 N–H and O–H groups in total. The molecule has 0 radical (unpaired) electrons. The molecule has 0 saturated carbocycles. The topological polar surface area (TPSA) is 42.9 Å². The van der Waals surface area contributed by atoms with Crippen LogP contribution in [0.25, 0.3) is 0 Å². The summed E-state index contributed by atoms with van der Waals surface area (Å²) < 4.78 is 13.0. The number of carbonyl (C=O) groups excluding carboxylic acids is 1. The maximum absolute atomic E-state index is 13.0. The number of halogens is 2. The predicted molar refractivity (Wildman–Crippen MR) is 56.9 cm³/mol. The molecule has 16 heavy (non-hydrogen) atoms. The summed E-state index contributed by atoms with van der Waals surface area (Å²) in [4.78, 5) is 19.4. The molecule has 0 fully saturated rings. The second-order valence-corrected chi connectivity index (χ2v) is 3.43. The van der Waals surface area contributed by atoms with Crippen LogP contribution >= 0.6 is 11.6 Å². The third-order valence-electron chi connectivity index (χ3n) is 1.94. The van der Waals surface area contributed by atoms with Crippen LogP contribution in [0, 0.1) is 5.82 Å². The van der Waals surface area contributed by atoms with Crippen LogP contribution in [0.4, 0.5) is 4.39 Å². The second kappa shape index (κ2) is 4.37. The maximum atomic E-state index is 13.0. The van der Waals surface area contributed by atoms with Crippen molar-refractivity contribution in [3.63, 3.8) is 0 Å². The van der Waals surface area contributed by atoms with E-state index in [2.05, 4.69) is 9.97 Å². The summed E-state index contributed by atoms with van der Waals surface area (Å²) in [5.74, 6) is -1.02. The molecule has 1 aromatic carbocycles. The monoisotopic (exact) mass is 236 g/mol. The van der Waals surface area contributed by atoms with Gasteiger partial charge in [-0.25, -0.2) is 14.4 Å². The SMILES string of the molecule is O=C(c1ncccn1)c1cc(F)ccc1Cl. The lowest BCUT2D eigenvalue weighted by atomic mass is 10.1. The Balaban J connectivity index is 2.46. The fourth-order valence-corrected chi connectivity index (χ4v) is 1.41. The Morgan fingerprint density at radius 2 is 1.94 bits per heavy atom. The Labute approximate surface area is 95.9 Å². The molecule has 0 aliphatic rings. The van der Waals surface area contributed by atoms with Gasteiger partial charge in [0.25, 0.3) is 0 Å². The highest BCUT2D eigenvalue weighted by atomic mass is 35.5. The average molecular weight is 237 g/mol. The van der Waals surface area contributed by atoms with Crippen LogP contribution in [0.15, 0.2) is 36.7 Å². The smallest absolute Gasteiger partial charge is 0.231 e. The van der Waals surface area contributed by atoms with Gasteiger partial charge >= 0.3 is 0 Å². The van der Waals surface area contributed by atoms with Crippen LogP contribution in [-0.4, -0.2) is 15.8 Å². The number of hydrogen-bond acceptors (Lipinski definition) is 3. The summed E-state index contributed by atoms with van der Waals surface area (Å²) in [5.41, 5.74) is 0.0628. The van der Waals surface area contributed by atoms with Gasteiger partial charge < -0.3 is 0 Å². The van der Waals surface area contributed by atoms with Gasteiger partial charge in [-0.15, -0.1) is 0 Å². The van der Waals surface area contributed by atoms with Gasteiger partial charge in [-0.2, -0.15) is 0 Å². The van der Waals surface area contributed by atoms with Crippen molar-refractivity contribution in [2.45, 2.75) is 0 Å². The van der Waals surface area contributed by atoms with E-state index in [9.17, 15) is 9.18 Å². The Hall–Kier alpha value is -1.81. The van der Waals surface area contributed by atoms with Crippen molar-refractivity contribution in [3.8, 4) is 0 Å². The Morgan fingerprint density at radius 3 is 2.62 bits per heavy atom. The molecular formula is C11H6ClFN2O. The lowest BCUT2D eigenvalue weighted by Crippen LogP contribution is -2.07. The number of benzene rings is 1. The zero-order chi connectivity index (χ0) is 11.5. The molecule has 2 rings (SSSR count).